The van der Waals surface area contributed by atoms with Gasteiger partial charge in [0, 0.05) is 38.8 Å². The number of rotatable bonds is 8. The van der Waals surface area contributed by atoms with E-state index < -0.39 is 0 Å². The molecule has 6 atom stereocenters. The van der Waals surface area contributed by atoms with Crippen LogP contribution in [0.4, 0.5) is 5.69 Å². The molecule has 0 amide bonds. The molecule has 5 aliphatic heterocycles. The lowest BCUT2D eigenvalue weighted by molar-refractivity contribution is -0.137. The first-order valence-corrected chi connectivity index (χ1v) is 21.8. The smallest absolute Gasteiger partial charge is 0.339 e. The summed E-state index contributed by atoms with van der Waals surface area (Å²) in [7, 11) is 0. The molecular weight excluding hydrogens is 723 g/mol. The number of fused-ring (bicyclic) bond motifs is 11. The highest BCUT2D eigenvalue weighted by Crippen LogP contribution is 2.58. The van der Waals surface area contributed by atoms with Crippen molar-refractivity contribution in [3.8, 4) is 0 Å². The topological polar surface area (TPSA) is 98.5 Å². The van der Waals surface area contributed by atoms with E-state index in [1.54, 1.807) is 0 Å². The minimum atomic E-state index is -0.282. The Kier molecular flexibility index (Phi) is 9.17. The largest absolute Gasteiger partial charge is 0.462 e. The minimum absolute atomic E-state index is 0.0127. The summed E-state index contributed by atoms with van der Waals surface area (Å²) >= 11 is 0. The van der Waals surface area contributed by atoms with Crippen LogP contribution >= 0.6 is 0 Å². The summed E-state index contributed by atoms with van der Waals surface area (Å²) in [5.74, 6) is -0.692. The predicted molar refractivity (Wildman–Crippen MR) is 230 cm³/mol. The number of benzene rings is 3. The first-order valence-electron chi connectivity index (χ1n) is 21.8. The number of anilines is 1. The molecule has 3 N–H and O–H groups in total. The molecule has 2 aromatic heterocycles. The average Bonchev–Trinajstić information content (AvgIpc) is 3.79. The number of carbonyl (C=O) groups excluding carboxylic acids is 2. The van der Waals surface area contributed by atoms with Gasteiger partial charge in [-0.25, -0.2) is 9.59 Å². The lowest BCUT2D eigenvalue weighted by Gasteiger charge is -2.48. The van der Waals surface area contributed by atoms with Gasteiger partial charge >= 0.3 is 11.9 Å². The average molecular weight is 778 g/mol. The normalized spacial score (nSPS) is 27.2. The summed E-state index contributed by atoms with van der Waals surface area (Å²) in [6.07, 6.45) is 11.1. The molecule has 2 fully saturated rings. The van der Waals surface area contributed by atoms with Gasteiger partial charge in [0.15, 0.2) is 0 Å². The van der Waals surface area contributed by atoms with Crippen molar-refractivity contribution in [1.82, 2.24) is 19.8 Å². The number of hydrogen-bond donors (Lipinski definition) is 3. The molecule has 0 aliphatic carbocycles. The van der Waals surface area contributed by atoms with Crippen LogP contribution in [-0.2, 0) is 25.5 Å². The number of nitrogens with one attached hydrogen (secondary N) is 3. The minimum Gasteiger partial charge on any atom is -0.462 e. The van der Waals surface area contributed by atoms with Gasteiger partial charge in [0.25, 0.3) is 0 Å². The van der Waals surface area contributed by atoms with E-state index >= 15 is 0 Å². The highest BCUT2D eigenvalue weighted by atomic mass is 16.5. The van der Waals surface area contributed by atoms with E-state index in [1.807, 2.05) is 13.8 Å². The molecule has 3 aromatic carbocycles. The maximum atomic E-state index is 14.4. The molecule has 2 saturated heterocycles. The van der Waals surface area contributed by atoms with E-state index in [9.17, 15) is 9.59 Å². The Balaban J connectivity index is 1.29. The van der Waals surface area contributed by atoms with Crippen LogP contribution in [0.25, 0.3) is 33.0 Å². The van der Waals surface area contributed by atoms with Gasteiger partial charge in [-0.15, -0.1) is 0 Å². The molecule has 5 aliphatic rings. The first kappa shape index (κ1) is 37.2. The summed E-state index contributed by atoms with van der Waals surface area (Å²) in [4.78, 5) is 28.9. The number of aromatic nitrogens is 2. The van der Waals surface area contributed by atoms with Crippen molar-refractivity contribution in [2.75, 3.05) is 31.6 Å². The molecular formula is C49H55N5O4. The van der Waals surface area contributed by atoms with Gasteiger partial charge in [0.1, 0.15) is 0 Å². The van der Waals surface area contributed by atoms with E-state index in [4.69, 9.17) is 9.47 Å². The number of nitrogens with zero attached hydrogens (tertiary/aromatic N) is 2. The molecule has 0 spiro atoms. The fourth-order valence-electron chi connectivity index (χ4n) is 11.7. The van der Waals surface area contributed by atoms with Crippen molar-refractivity contribution < 1.29 is 19.1 Å². The SMILES string of the molecule is CCOC(=O)C1=C[C@]2(CC)CCCN[C@@H]2n2c1c([C@H]1Cc3ccccc3N[C@@H]1c1c3n(c4ccccc14)[C@H]1NCCC[C@@]1(CC)C=C3C(=O)OCC)c1ccccc12. The van der Waals surface area contributed by atoms with Crippen LogP contribution in [0.5, 0.6) is 0 Å². The number of piperidine rings is 2. The van der Waals surface area contributed by atoms with E-state index in [1.165, 1.54) is 5.56 Å². The van der Waals surface area contributed by atoms with E-state index in [-0.39, 0.29) is 47.1 Å². The zero-order valence-corrected chi connectivity index (χ0v) is 34.2. The highest BCUT2D eigenvalue weighted by Gasteiger charge is 2.51. The highest BCUT2D eigenvalue weighted by molar-refractivity contribution is 6.20. The summed E-state index contributed by atoms with van der Waals surface area (Å²) in [6, 6.07) is 25.7. The van der Waals surface area contributed by atoms with E-state index in [2.05, 4.69) is 124 Å². The third kappa shape index (κ3) is 5.35. The molecule has 0 unspecified atom stereocenters. The second-order valence-electron chi connectivity index (χ2n) is 17.0. The fourth-order valence-corrected chi connectivity index (χ4v) is 11.7. The van der Waals surface area contributed by atoms with E-state index in [0.717, 1.165) is 108 Å². The van der Waals surface area contributed by atoms with Gasteiger partial charge in [-0.2, -0.15) is 0 Å². The number of ether oxygens (including phenoxy) is 2. The third-order valence-corrected chi connectivity index (χ3v) is 14.4. The Hall–Kier alpha value is -5.12. The molecule has 10 rings (SSSR count). The molecule has 300 valence electrons. The Morgan fingerprint density at radius 3 is 1.72 bits per heavy atom. The third-order valence-electron chi connectivity index (χ3n) is 14.4. The lowest BCUT2D eigenvalue weighted by Crippen LogP contribution is -2.48. The van der Waals surface area contributed by atoms with Gasteiger partial charge < -0.3 is 23.9 Å². The number of para-hydroxylation sites is 3. The van der Waals surface area contributed by atoms with Crippen LogP contribution in [0.3, 0.4) is 0 Å². The molecule has 0 radical (unpaired) electrons. The van der Waals surface area contributed by atoms with Crippen LogP contribution in [0.2, 0.25) is 0 Å². The Bertz CT molecular complexity index is 2350. The van der Waals surface area contributed by atoms with Crippen molar-refractivity contribution in [1.29, 1.82) is 0 Å². The number of carbonyl (C=O) groups is 2. The molecule has 0 bridgehead atoms. The number of hydrogen-bond acceptors (Lipinski definition) is 7. The first-order chi connectivity index (χ1) is 28.4. The van der Waals surface area contributed by atoms with Crippen molar-refractivity contribution in [3.63, 3.8) is 0 Å². The second-order valence-corrected chi connectivity index (χ2v) is 17.0. The van der Waals surface area contributed by atoms with Crippen LogP contribution in [0, 0.1) is 10.8 Å². The maximum absolute atomic E-state index is 14.4. The van der Waals surface area contributed by atoms with Gasteiger partial charge in [-0.1, -0.05) is 80.6 Å². The summed E-state index contributed by atoms with van der Waals surface area (Å²) in [6.45, 7) is 10.7. The molecule has 9 nitrogen and oxygen atoms in total. The van der Waals surface area contributed by atoms with Crippen LogP contribution < -0.4 is 16.0 Å². The molecule has 7 heterocycles. The maximum Gasteiger partial charge on any atom is 0.339 e. The zero-order chi connectivity index (χ0) is 39.8. The van der Waals surface area contributed by atoms with Crippen LogP contribution in [0.1, 0.15) is 119 Å². The van der Waals surface area contributed by atoms with Crippen LogP contribution in [0.15, 0.2) is 84.9 Å². The second kappa shape index (κ2) is 14.3. The quantitative estimate of drug-likeness (QED) is 0.135. The predicted octanol–water partition coefficient (Wildman–Crippen LogP) is 9.57. The molecule has 0 saturated carbocycles. The Labute approximate surface area is 340 Å². The van der Waals surface area contributed by atoms with Gasteiger partial charge in [-0.05, 0) is 101 Å². The van der Waals surface area contributed by atoms with Crippen molar-refractivity contribution in [2.45, 2.75) is 96.9 Å². The van der Waals surface area contributed by atoms with Gasteiger partial charge in [0.05, 0.1) is 65.2 Å². The summed E-state index contributed by atoms with van der Waals surface area (Å²) in [5, 5.41) is 14.2. The fraction of sp³-hybridized carbons (Fsp3) is 0.429. The Morgan fingerprint density at radius 1 is 0.672 bits per heavy atom. The monoisotopic (exact) mass is 777 g/mol. The zero-order valence-electron chi connectivity index (χ0n) is 34.2. The summed E-state index contributed by atoms with van der Waals surface area (Å²) < 4.78 is 16.8. The summed E-state index contributed by atoms with van der Waals surface area (Å²) in [5.41, 5.74) is 9.44. The lowest BCUT2D eigenvalue weighted by atomic mass is 9.70. The molecule has 5 aromatic rings. The Morgan fingerprint density at radius 2 is 1.17 bits per heavy atom. The van der Waals surface area contributed by atoms with E-state index in [0.29, 0.717) is 24.4 Å². The van der Waals surface area contributed by atoms with Gasteiger partial charge in [0.2, 0.25) is 0 Å². The number of esters is 2. The van der Waals surface area contributed by atoms with Crippen molar-refractivity contribution >= 4 is 50.6 Å². The van der Waals surface area contributed by atoms with Crippen molar-refractivity contribution in [2.24, 2.45) is 10.8 Å². The molecule has 58 heavy (non-hydrogen) atoms. The van der Waals surface area contributed by atoms with Crippen LogP contribution in [-0.4, -0.2) is 47.4 Å². The van der Waals surface area contributed by atoms with Crippen molar-refractivity contribution in [3.05, 3.63) is 113 Å². The van der Waals surface area contributed by atoms with Gasteiger partial charge in [-0.3, -0.25) is 10.6 Å². The molecule has 9 heteroatoms. The standard InChI is InChI=1S/C49H55N5O4/c1-5-48-23-15-25-50-46(48)53-37-21-13-10-18-31(37)39(42(53)34(28-48)44(55)57-7-3)33-27-30-17-9-12-20-36(30)52-41(33)40-32-19-11-14-22-38(32)54-43(40)35(45(56)58-8-4)29-49(6-2)24-16-26-51-47(49)54/h9-14,17-22,28-29,33,41,46-47,50-52H,5-8,15-16,23-27H2,1-4H3/t33-,41+,46-,47-,48+,49+/m1/s1.